The predicted octanol–water partition coefficient (Wildman–Crippen LogP) is 7.23. The number of nitro groups is 1. The van der Waals surface area contributed by atoms with Gasteiger partial charge in [-0.3, -0.25) is 14.9 Å². The molecular formula is C24H16BrCl2N3O5S. The van der Waals surface area contributed by atoms with Gasteiger partial charge in [0.1, 0.15) is 6.61 Å². The maximum Gasteiger partial charge on any atom is 0.281 e. The van der Waals surface area contributed by atoms with E-state index in [0.29, 0.717) is 41.8 Å². The average molecular weight is 609 g/mol. The van der Waals surface area contributed by atoms with Gasteiger partial charge in [-0.05, 0) is 52.3 Å². The molecule has 8 nitrogen and oxygen atoms in total. The molecule has 1 heterocycles. The van der Waals surface area contributed by atoms with Crippen molar-refractivity contribution < 1.29 is 19.2 Å². The number of nitrogens with zero attached hydrogens (tertiary/aromatic N) is 2. The van der Waals surface area contributed by atoms with E-state index in [9.17, 15) is 14.9 Å². The van der Waals surface area contributed by atoms with E-state index >= 15 is 0 Å². The third kappa shape index (κ3) is 5.96. The fourth-order valence-electron chi connectivity index (χ4n) is 3.19. The molecule has 3 aromatic carbocycles. The van der Waals surface area contributed by atoms with E-state index < -0.39 is 10.8 Å². The minimum absolute atomic E-state index is 0.0345. The normalized spacial score (nSPS) is 11.1. The summed E-state index contributed by atoms with van der Waals surface area (Å²) < 4.78 is 12.7. The molecule has 0 aliphatic carbocycles. The third-order valence-electron chi connectivity index (χ3n) is 4.99. The van der Waals surface area contributed by atoms with Gasteiger partial charge in [-0.2, -0.15) is 5.10 Å². The van der Waals surface area contributed by atoms with Crippen molar-refractivity contribution in [2.45, 2.75) is 6.61 Å². The van der Waals surface area contributed by atoms with Crippen molar-refractivity contribution in [2.75, 3.05) is 7.11 Å². The molecular weight excluding hydrogens is 593 g/mol. The topological polar surface area (TPSA) is 103 Å². The quantitative estimate of drug-likeness (QED) is 0.129. The number of hydrazone groups is 1. The zero-order valence-electron chi connectivity index (χ0n) is 18.5. The van der Waals surface area contributed by atoms with Crippen LogP contribution in [0.3, 0.4) is 0 Å². The molecule has 0 saturated carbocycles. The van der Waals surface area contributed by atoms with Crippen molar-refractivity contribution in [3.05, 3.63) is 95.2 Å². The Labute approximate surface area is 227 Å². The van der Waals surface area contributed by atoms with Crippen molar-refractivity contribution in [2.24, 2.45) is 5.10 Å². The Balaban J connectivity index is 1.45. The second kappa shape index (κ2) is 11.3. The summed E-state index contributed by atoms with van der Waals surface area (Å²) in [6, 6.07) is 14.6. The van der Waals surface area contributed by atoms with Crippen molar-refractivity contribution in [3.8, 4) is 11.5 Å². The Morgan fingerprint density at radius 2 is 1.97 bits per heavy atom. The Hall–Kier alpha value is -3.18. The molecule has 0 unspecified atom stereocenters. The molecule has 4 aromatic rings. The molecule has 0 atom stereocenters. The van der Waals surface area contributed by atoms with Gasteiger partial charge in [-0.25, -0.2) is 5.43 Å². The number of ether oxygens (including phenoxy) is 2. The number of hydrogen-bond acceptors (Lipinski definition) is 7. The molecule has 0 aliphatic heterocycles. The highest BCUT2D eigenvalue weighted by Crippen LogP contribution is 2.34. The maximum absolute atomic E-state index is 12.5. The van der Waals surface area contributed by atoms with E-state index in [1.807, 2.05) is 0 Å². The molecule has 12 heteroatoms. The highest BCUT2D eigenvalue weighted by atomic mass is 79.9. The number of nitro benzene ring substituents is 1. The predicted molar refractivity (Wildman–Crippen MR) is 145 cm³/mol. The highest BCUT2D eigenvalue weighted by Gasteiger charge is 2.14. The van der Waals surface area contributed by atoms with Gasteiger partial charge in [0.05, 0.1) is 23.1 Å². The molecule has 0 radical (unpaired) electrons. The van der Waals surface area contributed by atoms with Crippen LogP contribution < -0.4 is 14.9 Å². The molecule has 0 aliphatic rings. The monoisotopic (exact) mass is 607 g/mol. The first-order valence-electron chi connectivity index (χ1n) is 10.2. The van der Waals surface area contributed by atoms with Gasteiger partial charge in [0.2, 0.25) is 0 Å². The van der Waals surface area contributed by atoms with Gasteiger partial charge < -0.3 is 9.47 Å². The molecule has 1 aromatic heterocycles. The first kappa shape index (κ1) is 25.9. The van der Waals surface area contributed by atoms with Gasteiger partial charge in [0.15, 0.2) is 11.5 Å². The maximum atomic E-state index is 12.5. The van der Waals surface area contributed by atoms with Crippen molar-refractivity contribution >= 4 is 78.4 Å². The van der Waals surface area contributed by atoms with Crippen LogP contribution in [0.2, 0.25) is 10.0 Å². The Kier molecular flexibility index (Phi) is 8.10. The number of fused-ring (bicyclic) bond motifs is 1. The SMILES string of the molecule is COc1cc(/C=N\NC(=O)c2cc3cc([N+](=O)[O-])ccc3s2)c(Br)cc1OCc1ccc(Cl)cc1Cl. The van der Waals surface area contributed by atoms with Gasteiger partial charge in [0.25, 0.3) is 11.6 Å². The first-order chi connectivity index (χ1) is 17.2. The van der Waals surface area contributed by atoms with Crippen molar-refractivity contribution in [3.63, 3.8) is 0 Å². The van der Waals surface area contributed by atoms with Crippen LogP contribution in [0.5, 0.6) is 11.5 Å². The summed E-state index contributed by atoms with van der Waals surface area (Å²) in [5.41, 5.74) is 3.84. The number of benzene rings is 3. The minimum atomic E-state index is -0.476. The lowest BCUT2D eigenvalue weighted by atomic mass is 10.2. The van der Waals surface area contributed by atoms with Crippen LogP contribution in [0.1, 0.15) is 20.8 Å². The van der Waals surface area contributed by atoms with E-state index in [4.69, 9.17) is 32.7 Å². The van der Waals surface area contributed by atoms with Crippen LogP contribution in [-0.2, 0) is 6.61 Å². The summed E-state index contributed by atoms with van der Waals surface area (Å²) in [7, 11) is 1.51. The highest BCUT2D eigenvalue weighted by molar-refractivity contribution is 9.10. The lowest BCUT2D eigenvalue weighted by Gasteiger charge is -2.13. The molecule has 0 spiro atoms. The minimum Gasteiger partial charge on any atom is -0.493 e. The van der Waals surface area contributed by atoms with Crippen LogP contribution in [-0.4, -0.2) is 24.2 Å². The first-order valence-corrected chi connectivity index (χ1v) is 12.6. The van der Waals surface area contributed by atoms with E-state index in [0.717, 1.165) is 10.3 Å². The molecule has 0 bridgehead atoms. The molecule has 36 heavy (non-hydrogen) atoms. The van der Waals surface area contributed by atoms with E-state index in [2.05, 4.69) is 26.5 Å². The number of nitrogens with one attached hydrogen (secondary N) is 1. The zero-order valence-corrected chi connectivity index (χ0v) is 22.4. The number of carbonyl (C=O) groups excluding carboxylic acids is 1. The Morgan fingerprint density at radius 3 is 2.69 bits per heavy atom. The number of amides is 1. The smallest absolute Gasteiger partial charge is 0.281 e. The second-order valence-electron chi connectivity index (χ2n) is 7.34. The van der Waals surface area contributed by atoms with E-state index in [1.54, 1.807) is 42.5 Å². The molecule has 0 saturated heterocycles. The van der Waals surface area contributed by atoms with Crippen LogP contribution >= 0.6 is 50.5 Å². The molecule has 1 N–H and O–H groups in total. The number of rotatable bonds is 8. The number of methoxy groups -OCH3 is 1. The average Bonchev–Trinajstić information content (AvgIpc) is 3.28. The molecule has 4 rings (SSSR count). The lowest BCUT2D eigenvalue weighted by Crippen LogP contribution is -2.16. The molecule has 1 amide bonds. The van der Waals surface area contributed by atoms with E-state index in [1.165, 1.54) is 36.8 Å². The lowest BCUT2D eigenvalue weighted by molar-refractivity contribution is -0.384. The van der Waals surface area contributed by atoms with Gasteiger partial charge in [0, 0.05) is 47.9 Å². The van der Waals surface area contributed by atoms with Crippen LogP contribution in [0, 0.1) is 10.1 Å². The standard InChI is InChI=1S/C24H16BrCl2N3O5S/c1-34-20-7-15(18(25)10-21(20)35-12-13-2-3-16(26)9-19(13)27)11-28-29-24(31)23-8-14-6-17(30(32)33)4-5-22(14)36-23/h2-11H,12H2,1H3,(H,29,31)/b28-11-. The van der Waals surface area contributed by atoms with Crippen LogP contribution in [0.4, 0.5) is 5.69 Å². The summed E-state index contributed by atoms with van der Waals surface area (Å²) in [6.45, 7) is 0.209. The number of hydrogen-bond donors (Lipinski definition) is 1. The van der Waals surface area contributed by atoms with Gasteiger partial charge in [-0.1, -0.05) is 29.3 Å². The summed E-state index contributed by atoms with van der Waals surface area (Å²) in [5.74, 6) is 0.510. The number of carbonyl (C=O) groups is 1. The largest absolute Gasteiger partial charge is 0.493 e. The number of thiophene rings is 1. The van der Waals surface area contributed by atoms with Crippen molar-refractivity contribution in [1.82, 2.24) is 5.43 Å². The van der Waals surface area contributed by atoms with E-state index in [-0.39, 0.29) is 12.3 Å². The van der Waals surface area contributed by atoms with Crippen LogP contribution in [0.15, 0.2) is 64.2 Å². The molecule has 184 valence electrons. The van der Waals surface area contributed by atoms with Gasteiger partial charge in [-0.15, -0.1) is 11.3 Å². The number of non-ortho nitro benzene ring substituents is 1. The zero-order chi connectivity index (χ0) is 25.8. The van der Waals surface area contributed by atoms with Crippen molar-refractivity contribution in [1.29, 1.82) is 0 Å². The summed E-state index contributed by atoms with van der Waals surface area (Å²) >= 11 is 16.8. The third-order valence-corrected chi connectivity index (χ3v) is 7.37. The fraction of sp³-hybridized carbons (Fsp3) is 0.0833. The molecule has 0 fully saturated rings. The van der Waals surface area contributed by atoms with Gasteiger partial charge >= 0.3 is 0 Å². The summed E-state index contributed by atoms with van der Waals surface area (Å²) in [5, 5.41) is 16.6. The summed E-state index contributed by atoms with van der Waals surface area (Å²) in [4.78, 5) is 23.4. The Morgan fingerprint density at radius 1 is 1.17 bits per heavy atom. The second-order valence-corrected chi connectivity index (χ2v) is 10.1. The number of halogens is 3. The fourth-order valence-corrected chi connectivity index (χ4v) is 5.01. The Bertz CT molecular complexity index is 1510. The summed E-state index contributed by atoms with van der Waals surface area (Å²) in [6.07, 6.45) is 1.46. The van der Waals surface area contributed by atoms with Crippen LogP contribution in [0.25, 0.3) is 10.1 Å².